The molecular formula is C16H32N2S. The van der Waals surface area contributed by atoms with Crippen molar-refractivity contribution < 1.29 is 0 Å². The van der Waals surface area contributed by atoms with Crippen molar-refractivity contribution in [3.8, 4) is 0 Å². The summed E-state index contributed by atoms with van der Waals surface area (Å²) in [6, 6.07) is 0.829. The summed E-state index contributed by atoms with van der Waals surface area (Å²) in [7, 11) is 0. The van der Waals surface area contributed by atoms with Crippen LogP contribution in [0, 0.1) is 11.3 Å². The van der Waals surface area contributed by atoms with Gasteiger partial charge in [-0.15, -0.1) is 0 Å². The fourth-order valence-electron chi connectivity index (χ4n) is 3.01. The molecule has 0 saturated heterocycles. The molecule has 0 amide bonds. The van der Waals surface area contributed by atoms with E-state index in [1.165, 1.54) is 45.2 Å². The van der Waals surface area contributed by atoms with Crippen molar-refractivity contribution >= 4 is 17.2 Å². The fourth-order valence-corrected chi connectivity index (χ4v) is 3.11. The monoisotopic (exact) mass is 284 g/mol. The van der Waals surface area contributed by atoms with Gasteiger partial charge in [-0.25, -0.2) is 0 Å². The van der Waals surface area contributed by atoms with Gasteiger partial charge in [0, 0.05) is 18.0 Å². The predicted octanol–water partition coefficient (Wildman–Crippen LogP) is 3.98. The van der Waals surface area contributed by atoms with E-state index >= 15 is 0 Å². The van der Waals surface area contributed by atoms with Gasteiger partial charge in [0.15, 0.2) is 0 Å². The standard InChI is InChI=1S/C16H32N2S/c1-13(2)12-18(14-8-5-6-9-14)11-7-10-16(3,4)15(17)19/h13-14H,5-12H2,1-4H3,(H2,17,19). The van der Waals surface area contributed by atoms with Crippen LogP contribution < -0.4 is 5.73 Å². The highest BCUT2D eigenvalue weighted by Crippen LogP contribution is 2.27. The molecule has 1 fully saturated rings. The van der Waals surface area contributed by atoms with Crippen LogP contribution in [0.15, 0.2) is 0 Å². The molecule has 0 aromatic carbocycles. The van der Waals surface area contributed by atoms with Crippen LogP contribution in [-0.4, -0.2) is 29.0 Å². The van der Waals surface area contributed by atoms with E-state index in [2.05, 4.69) is 32.6 Å². The lowest BCUT2D eigenvalue weighted by Gasteiger charge is -2.32. The maximum atomic E-state index is 5.81. The molecule has 112 valence electrons. The van der Waals surface area contributed by atoms with E-state index in [-0.39, 0.29) is 5.41 Å². The minimum absolute atomic E-state index is 0.00844. The first kappa shape index (κ1) is 16.9. The Morgan fingerprint density at radius 1 is 1.32 bits per heavy atom. The molecule has 0 spiro atoms. The molecule has 1 rings (SSSR count). The predicted molar refractivity (Wildman–Crippen MR) is 88.5 cm³/mol. The van der Waals surface area contributed by atoms with Gasteiger partial charge in [-0.05, 0) is 38.1 Å². The van der Waals surface area contributed by atoms with Crippen LogP contribution in [0.3, 0.4) is 0 Å². The lowest BCUT2D eigenvalue weighted by Crippen LogP contribution is -2.38. The molecule has 3 heteroatoms. The van der Waals surface area contributed by atoms with Crippen LogP contribution >= 0.6 is 12.2 Å². The molecule has 19 heavy (non-hydrogen) atoms. The second-order valence-electron chi connectivity index (χ2n) is 7.18. The van der Waals surface area contributed by atoms with Crippen molar-refractivity contribution in [2.45, 2.75) is 72.3 Å². The largest absolute Gasteiger partial charge is 0.393 e. The molecule has 1 aliphatic carbocycles. The van der Waals surface area contributed by atoms with Gasteiger partial charge < -0.3 is 10.6 Å². The van der Waals surface area contributed by atoms with Gasteiger partial charge in [0.2, 0.25) is 0 Å². The van der Waals surface area contributed by atoms with E-state index in [4.69, 9.17) is 18.0 Å². The molecule has 2 N–H and O–H groups in total. The van der Waals surface area contributed by atoms with Gasteiger partial charge in [0.1, 0.15) is 0 Å². The molecular weight excluding hydrogens is 252 g/mol. The van der Waals surface area contributed by atoms with Gasteiger partial charge in [0.25, 0.3) is 0 Å². The average molecular weight is 285 g/mol. The third-order valence-electron chi connectivity index (χ3n) is 4.35. The van der Waals surface area contributed by atoms with Gasteiger partial charge in [0.05, 0.1) is 4.99 Å². The summed E-state index contributed by atoms with van der Waals surface area (Å²) < 4.78 is 0. The maximum absolute atomic E-state index is 5.81. The number of hydrogen-bond donors (Lipinski definition) is 1. The number of nitrogens with zero attached hydrogens (tertiary/aromatic N) is 1. The molecule has 2 nitrogen and oxygen atoms in total. The molecule has 0 atom stereocenters. The highest BCUT2D eigenvalue weighted by Gasteiger charge is 2.25. The van der Waals surface area contributed by atoms with Gasteiger partial charge >= 0.3 is 0 Å². The van der Waals surface area contributed by atoms with Crippen molar-refractivity contribution in [3.05, 3.63) is 0 Å². The zero-order valence-electron chi connectivity index (χ0n) is 13.2. The number of thiocarbonyl (C=S) groups is 1. The lowest BCUT2D eigenvalue weighted by atomic mass is 9.87. The van der Waals surface area contributed by atoms with E-state index in [0.29, 0.717) is 4.99 Å². The molecule has 0 unspecified atom stereocenters. The quantitative estimate of drug-likeness (QED) is 0.684. The zero-order valence-corrected chi connectivity index (χ0v) is 14.1. The van der Waals surface area contributed by atoms with Crippen molar-refractivity contribution in [1.82, 2.24) is 4.90 Å². The summed E-state index contributed by atoms with van der Waals surface area (Å²) in [5.74, 6) is 0.754. The van der Waals surface area contributed by atoms with Crippen molar-refractivity contribution in [2.24, 2.45) is 17.1 Å². The first-order valence-corrected chi connectivity index (χ1v) is 8.27. The van der Waals surface area contributed by atoms with Crippen molar-refractivity contribution in [3.63, 3.8) is 0 Å². The highest BCUT2D eigenvalue weighted by molar-refractivity contribution is 7.80. The van der Waals surface area contributed by atoms with Crippen LogP contribution in [0.4, 0.5) is 0 Å². The molecule has 1 aliphatic rings. The second-order valence-corrected chi connectivity index (χ2v) is 7.62. The fraction of sp³-hybridized carbons (Fsp3) is 0.938. The third kappa shape index (κ3) is 5.78. The number of hydrogen-bond acceptors (Lipinski definition) is 2. The molecule has 0 aromatic rings. The van der Waals surface area contributed by atoms with E-state index in [1.54, 1.807) is 0 Å². The Bertz CT molecular complexity index is 280. The number of nitrogens with two attached hydrogens (primary N) is 1. The van der Waals surface area contributed by atoms with Crippen LogP contribution in [0.5, 0.6) is 0 Å². The summed E-state index contributed by atoms with van der Waals surface area (Å²) in [5, 5.41) is 0. The average Bonchev–Trinajstić information content (AvgIpc) is 2.80. The Labute approximate surface area is 125 Å². The first-order valence-electron chi connectivity index (χ1n) is 7.87. The Morgan fingerprint density at radius 3 is 2.37 bits per heavy atom. The third-order valence-corrected chi connectivity index (χ3v) is 4.91. The topological polar surface area (TPSA) is 29.3 Å². The molecule has 0 radical (unpaired) electrons. The smallest absolute Gasteiger partial charge is 0.0784 e. The Morgan fingerprint density at radius 2 is 1.89 bits per heavy atom. The Hall–Kier alpha value is -0.150. The van der Waals surface area contributed by atoms with Crippen molar-refractivity contribution in [2.75, 3.05) is 13.1 Å². The SMILES string of the molecule is CC(C)CN(CCCC(C)(C)C(N)=S)C1CCCC1. The minimum Gasteiger partial charge on any atom is -0.393 e. The van der Waals surface area contributed by atoms with Crippen LogP contribution in [0.1, 0.15) is 66.2 Å². The van der Waals surface area contributed by atoms with Crippen LogP contribution in [0.2, 0.25) is 0 Å². The second kappa shape index (κ2) is 7.58. The van der Waals surface area contributed by atoms with Gasteiger partial charge in [-0.1, -0.05) is 52.8 Å². The maximum Gasteiger partial charge on any atom is 0.0784 e. The molecule has 0 heterocycles. The van der Waals surface area contributed by atoms with Crippen molar-refractivity contribution in [1.29, 1.82) is 0 Å². The zero-order chi connectivity index (χ0) is 14.5. The highest BCUT2D eigenvalue weighted by atomic mass is 32.1. The first-order chi connectivity index (χ1) is 8.83. The number of rotatable bonds is 8. The normalized spacial score (nSPS) is 17.6. The summed E-state index contributed by atoms with van der Waals surface area (Å²) in [4.78, 5) is 3.37. The minimum atomic E-state index is 0.00844. The Balaban J connectivity index is 2.42. The molecule has 0 aliphatic heterocycles. The van der Waals surface area contributed by atoms with E-state index in [0.717, 1.165) is 18.4 Å². The van der Waals surface area contributed by atoms with Crippen LogP contribution in [0.25, 0.3) is 0 Å². The summed E-state index contributed by atoms with van der Waals surface area (Å²) in [6.45, 7) is 11.4. The van der Waals surface area contributed by atoms with E-state index in [1.807, 2.05) is 0 Å². The van der Waals surface area contributed by atoms with Crippen LogP contribution in [-0.2, 0) is 0 Å². The Kier molecular flexibility index (Phi) is 6.75. The molecule has 1 saturated carbocycles. The molecule has 0 aromatic heterocycles. The molecule has 0 bridgehead atoms. The van der Waals surface area contributed by atoms with Gasteiger partial charge in [-0.2, -0.15) is 0 Å². The summed E-state index contributed by atoms with van der Waals surface area (Å²) >= 11 is 5.15. The lowest BCUT2D eigenvalue weighted by molar-refractivity contribution is 0.169. The summed E-state index contributed by atoms with van der Waals surface area (Å²) in [5.41, 5.74) is 5.82. The van der Waals surface area contributed by atoms with E-state index in [9.17, 15) is 0 Å². The summed E-state index contributed by atoms with van der Waals surface area (Å²) in [6.07, 6.45) is 7.92. The van der Waals surface area contributed by atoms with Gasteiger partial charge in [-0.3, -0.25) is 0 Å². The van der Waals surface area contributed by atoms with E-state index < -0.39 is 0 Å².